The number of piperidine rings is 1. The molecule has 1 heterocycles. The van der Waals surface area contributed by atoms with Crippen LogP contribution in [-0.2, 0) is 14.8 Å². The van der Waals surface area contributed by atoms with E-state index in [2.05, 4.69) is 0 Å². The van der Waals surface area contributed by atoms with Crippen molar-refractivity contribution in [3.63, 3.8) is 0 Å². The molecule has 128 valence electrons. The number of nitrogens with zero attached hydrogens (tertiary/aromatic N) is 1. The third-order valence-corrected chi connectivity index (χ3v) is 6.10. The van der Waals surface area contributed by atoms with Crippen LogP contribution in [0.15, 0.2) is 29.2 Å². The van der Waals surface area contributed by atoms with Gasteiger partial charge in [0.25, 0.3) is 0 Å². The van der Waals surface area contributed by atoms with E-state index in [4.69, 9.17) is 10.5 Å². The van der Waals surface area contributed by atoms with Crippen molar-refractivity contribution in [1.29, 1.82) is 0 Å². The average molecular weight is 340 g/mol. The van der Waals surface area contributed by atoms with Crippen molar-refractivity contribution in [2.75, 3.05) is 19.7 Å². The Balaban J connectivity index is 2.30. The van der Waals surface area contributed by atoms with E-state index < -0.39 is 16.0 Å². The van der Waals surface area contributed by atoms with E-state index in [1.807, 2.05) is 13.8 Å². The fourth-order valence-corrected chi connectivity index (χ4v) is 4.35. The second kappa shape index (κ2) is 6.59. The van der Waals surface area contributed by atoms with E-state index >= 15 is 0 Å². The van der Waals surface area contributed by atoms with Gasteiger partial charge in [0.15, 0.2) is 0 Å². The molecule has 1 fully saturated rings. The molecule has 0 aromatic heterocycles. The van der Waals surface area contributed by atoms with Crippen LogP contribution in [0, 0.1) is 5.41 Å². The summed E-state index contributed by atoms with van der Waals surface area (Å²) < 4.78 is 32.1. The maximum atomic E-state index is 12.8. The molecule has 6 nitrogen and oxygen atoms in total. The zero-order valence-electron chi connectivity index (χ0n) is 13.8. The van der Waals surface area contributed by atoms with E-state index in [1.165, 1.54) is 16.4 Å². The van der Waals surface area contributed by atoms with Crippen LogP contribution in [0.3, 0.4) is 0 Å². The van der Waals surface area contributed by atoms with Gasteiger partial charge in [0, 0.05) is 19.1 Å². The standard InChI is InChI=1S/C16H24N2O4S/c1-4-22-15(19)12-6-5-7-13(10-12)23(20,21)18-9-8-14(17)16(2,3)11-18/h5-7,10,14H,4,8-9,11,17H2,1-3H3. The Morgan fingerprint density at radius 3 is 2.74 bits per heavy atom. The Morgan fingerprint density at radius 1 is 1.43 bits per heavy atom. The number of rotatable bonds is 4. The molecule has 0 radical (unpaired) electrons. The Hall–Kier alpha value is -1.44. The molecule has 0 spiro atoms. The van der Waals surface area contributed by atoms with Crippen LogP contribution in [0.25, 0.3) is 0 Å². The lowest BCUT2D eigenvalue weighted by molar-refractivity contribution is 0.0526. The zero-order valence-corrected chi connectivity index (χ0v) is 14.6. The van der Waals surface area contributed by atoms with Crippen molar-refractivity contribution < 1.29 is 17.9 Å². The van der Waals surface area contributed by atoms with Crippen molar-refractivity contribution in [2.45, 2.75) is 38.1 Å². The molecule has 1 aromatic carbocycles. The fourth-order valence-electron chi connectivity index (χ4n) is 2.68. The van der Waals surface area contributed by atoms with Crippen molar-refractivity contribution in [3.05, 3.63) is 29.8 Å². The van der Waals surface area contributed by atoms with Crippen LogP contribution in [0.4, 0.5) is 0 Å². The average Bonchev–Trinajstić information content (AvgIpc) is 2.50. The molecule has 0 amide bonds. The zero-order chi connectivity index (χ0) is 17.3. The molecule has 1 atom stereocenters. The lowest BCUT2D eigenvalue weighted by Gasteiger charge is -2.41. The number of hydrogen-bond acceptors (Lipinski definition) is 5. The van der Waals surface area contributed by atoms with Crippen LogP contribution in [-0.4, -0.2) is 44.4 Å². The van der Waals surface area contributed by atoms with Crippen LogP contribution >= 0.6 is 0 Å². The van der Waals surface area contributed by atoms with Crippen LogP contribution in [0.5, 0.6) is 0 Å². The van der Waals surface area contributed by atoms with Gasteiger partial charge >= 0.3 is 5.97 Å². The molecule has 0 saturated carbocycles. The van der Waals surface area contributed by atoms with Gasteiger partial charge in [-0.1, -0.05) is 19.9 Å². The molecule has 1 aliphatic rings. The monoisotopic (exact) mass is 340 g/mol. The molecule has 2 N–H and O–H groups in total. The van der Waals surface area contributed by atoms with Gasteiger partial charge in [0.2, 0.25) is 10.0 Å². The molecule has 0 aliphatic carbocycles. The van der Waals surface area contributed by atoms with Gasteiger partial charge in [-0.25, -0.2) is 13.2 Å². The van der Waals surface area contributed by atoms with Crippen LogP contribution < -0.4 is 5.73 Å². The summed E-state index contributed by atoms with van der Waals surface area (Å²) in [6.45, 7) is 6.63. The lowest BCUT2D eigenvalue weighted by Crippen LogP contribution is -2.53. The van der Waals surface area contributed by atoms with Gasteiger partial charge in [-0.15, -0.1) is 0 Å². The largest absolute Gasteiger partial charge is 0.462 e. The van der Waals surface area contributed by atoms with Gasteiger partial charge in [0.05, 0.1) is 17.1 Å². The first-order chi connectivity index (χ1) is 10.7. The number of esters is 1. The summed E-state index contributed by atoms with van der Waals surface area (Å²) in [6, 6.07) is 5.95. The van der Waals surface area contributed by atoms with Crippen molar-refractivity contribution >= 4 is 16.0 Å². The molecule has 23 heavy (non-hydrogen) atoms. The van der Waals surface area contributed by atoms with Gasteiger partial charge < -0.3 is 10.5 Å². The molecular weight excluding hydrogens is 316 g/mol. The highest BCUT2D eigenvalue weighted by Crippen LogP contribution is 2.31. The molecule has 2 rings (SSSR count). The minimum absolute atomic E-state index is 0.0279. The number of nitrogens with two attached hydrogens (primary N) is 1. The van der Waals surface area contributed by atoms with Gasteiger partial charge in [-0.05, 0) is 37.0 Å². The first-order valence-electron chi connectivity index (χ1n) is 7.71. The van der Waals surface area contributed by atoms with Gasteiger partial charge in [-0.3, -0.25) is 0 Å². The third kappa shape index (κ3) is 3.73. The first kappa shape index (κ1) is 17.9. The quantitative estimate of drug-likeness (QED) is 0.841. The summed E-state index contributed by atoms with van der Waals surface area (Å²) in [7, 11) is -3.66. The van der Waals surface area contributed by atoms with Crippen molar-refractivity contribution in [1.82, 2.24) is 4.31 Å². The number of carbonyl (C=O) groups excluding carboxylic acids is 1. The van der Waals surface area contributed by atoms with Gasteiger partial charge in [-0.2, -0.15) is 4.31 Å². The van der Waals surface area contributed by atoms with Crippen LogP contribution in [0.1, 0.15) is 37.6 Å². The summed E-state index contributed by atoms with van der Waals surface area (Å²) in [6.07, 6.45) is 0.615. The topological polar surface area (TPSA) is 89.7 Å². The number of hydrogen-bond donors (Lipinski definition) is 1. The smallest absolute Gasteiger partial charge is 0.338 e. The van der Waals surface area contributed by atoms with Crippen molar-refractivity contribution in [2.24, 2.45) is 11.1 Å². The lowest BCUT2D eigenvalue weighted by atomic mass is 9.81. The number of benzene rings is 1. The summed E-state index contributed by atoms with van der Waals surface area (Å²) in [5.74, 6) is -0.523. The molecule has 7 heteroatoms. The number of carbonyl (C=O) groups is 1. The molecular formula is C16H24N2O4S. The highest BCUT2D eigenvalue weighted by atomic mass is 32.2. The Labute approximate surface area is 137 Å². The highest BCUT2D eigenvalue weighted by molar-refractivity contribution is 7.89. The summed E-state index contributed by atoms with van der Waals surface area (Å²) >= 11 is 0. The summed E-state index contributed by atoms with van der Waals surface area (Å²) in [4.78, 5) is 11.9. The first-order valence-corrected chi connectivity index (χ1v) is 9.15. The molecule has 1 aromatic rings. The SMILES string of the molecule is CCOC(=O)c1cccc(S(=O)(=O)N2CCC(N)C(C)(C)C2)c1. The maximum Gasteiger partial charge on any atom is 0.338 e. The van der Waals surface area contributed by atoms with Gasteiger partial charge in [0.1, 0.15) is 0 Å². The third-order valence-electron chi connectivity index (χ3n) is 4.26. The Bertz CT molecular complexity index is 685. The molecule has 1 aliphatic heterocycles. The second-order valence-electron chi connectivity index (χ2n) is 6.47. The summed E-state index contributed by atoms with van der Waals surface area (Å²) in [5.41, 5.74) is 6.02. The van der Waals surface area contributed by atoms with E-state index in [1.54, 1.807) is 19.1 Å². The highest BCUT2D eigenvalue weighted by Gasteiger charge is 2.38. The maximum absolute atomic E-state index is 12.8. The minimum Gasteiger partial charge on any atom is -0.462 e. The minimum atomic E-state index is -3.66. The Morgan fingerprint density at radius 2 is 2.13 bits per heavy atom. The van der Waals surface area contributed by atoms with E-state index in [0.717, 1.165) is 0 Å². The van der Waals surface area contributed by atoms with Crippen molar-refractivity contribution in [3.8, 4) is 0 Å². The number of ether oxygens (including phenoxy) is 1. The molecule has 0 bridgehead atoms. The molecule has 1 saturated heterocycles. The number of sulfonamides is 1. The predicted octanol–water partition coefficient (Wildman–Crippen LogP) is 1.61. The summed E-state index contributed by atoms with van der Waals surface area (Å²) in [5, 5.41) is 0. The van der Waals surface area contributed by atoms with E-state index in [9.17, 15) is 13.2 Å². The second-order valence-corrected chi connectivity index (χ2v) is 8.41. The van der Waals surface area contributed by atoms with E-state index in [-0.39, 0.29) is 28.5 Å². The van der Waals surface area contributed by atoms with E-state index in [0.29, 0.717) is 19.5 Å². The van der Waals surface area contributed by atoms with Crippen LogP contribution in [0.2, 0.25) is 0 Å². The predicted molar refractivity (Wildman–Crippen MR) is 87.5 cm³/mol. The normalized spacial score (nSPS) is 21.8. The fraction of sp³-hybridized carbons (Fsp3) is 0.562. The molecule has 1 unspecified atom stereocenters. The Kier molecular flexibility index (Phi) is 5.13.